The molecule has 5 heteroatoms. The standard InChI is InChI=1S/C14H15Cl2NOS/c15-10-4-5-11(12(16)8-10)14-17(6-7-19-14)13(18)9-2-1-3-9/h4-5,8-9,14H,1-3,6-7H2/t14-/m1/s1. The molecule has 1 aliphatic heterocycles. The molecule has 102 valence electrons. The minimum Gasteiger partial charge on any atom is -0.325 e. The van der Waals surface area contributed by atoms with Gasteiger partial charge in [0.1, 0.15) is 5.37 Å². The van der Waals surface area contributed by atoms with Crippen LogP contribution in [0.1, 0.15) is 30.2 Å². The van der Waals surface area contributed by atoms with Gasteiger partial charge in [-0.15, -0.1) is 11.8 Å². The van der Waals surface area contributed by atoms with Crippen LogP contribution in [0.3, 0.4) is 0 Å². The Labute approximate surface area is 127 Å². The summed E-state index contributed by atoms with van der Waals surface area (Å²) in [6, 6.07) is 5.53. The van der Waals surface area contributed by atoms with Crippen molar-refractivity contribution in [1.82, 2.24) is 4.90 Å². The van der Waals surface area contributed by atoms with Gasteiger partial charge in [-0.25, -0.2) is 0 Å². The van der Waals surface area contributed by atoms with Crippen molar-refractivity contribution in [3.05, 3.63) is 33.8 Å². The Morgan fingerprint density at radius 1 is 1.32 bits per heavy atom. The molecule has 0 unspecified atom stereocenters. The van der Waals surface area contributed by atoms with Gasteiger partial charge in [-0.1, -0.05) is 35.7 Å². The van der Waals surface area contributed by atoms with Crippen molar-refractivity contribution < 1.29 is 4.79 Å². The molecule has 0 radical (unpaired) electrons. The number of hydrogen-bond donors (Lipinski definition) is 0. The fraction of sp³-hybridized carbons (Fsp3) is 0.500. The molecule has 3 rings (SSSR count). The first-order valence-corrected chi connectivity index (χ1v) is 8.34. The molecule has 2 nitrogen and oxygen atoms in total. The summed E-state index contributed by atoms with van der Waals surface area (Å²) in [6.45, 7) is 0.823. The summed E-state index contributed by atoms with van der Waals surface area (Å²) < 4.78 is 0. The topological polar surface area (TPSA) is 20.3 Å². The molecule has 0 spiro atoms. The van der Waals surface area contributed by atoms with E-state index in [1.165, 1.54) is 6.42 Å². The number of carbonyl (C=O) groups excluding carboxylic acids is 1. The molecule has 1 heterocycles. The van der Waals surface area contributed by atoms with Gasteiger partial charge in [0.05, 0.1) is 0 Å². The van der Waals surface area contributed by atoms with Crippen molar-refractivity contribution in [2.45, 2.75) is 24.6 Å². The second-order valence-corrected chi connectivity index (χ2v) is 7.08. The first kappa shape index (κ1) is 13.6. The van der Waals surface area contributed by atoms with Gasteiger partial charge in [0.2, 0.25) is 5.91 Å². The Morgan fingerprint density at radius 2 is 2.11 bits per heavy atom. The van der Waals surface area contributed by atoms with Crippen molar-refractivity contribution in [3.63, 3.8) is 0 Å². The summed E-state index contributed by atoms with van der Waals surface area (Å²) in [6.07, 6.45) is 3.27. The quantitative estimate of drug-likeness (QED) is 0.807. The highest BCUT2D eigenvalue weighted by molar-refractivity contribution is 7.99. The van der Waals surface area contributed by atoms with Gasteiger partial charge in [-0.3, -0.25) is 4.79 Å². The average molecular weight is 316 g/mol. The lowest BCUT2D eigenvalue weighted by Crippen LogP contribution is -2.38. The lowest BCUT2D eigenvalue weighted by atomic mass is 9.84. The maximum absolute atomic E-state index is 12.4. The van der Waals surface area contributed by atoms with Crippen molar-refractivity contribution in [1.29, 1.82) is 0 Å². The molecular formula is C14H15Cl2NOS. The molecule has 0 N–H and O–H groups in total. The van der Waals surface area contributed by atoms with Gasteiger partial charge in [0, 0.05) is 33.8 Å². The normalized spacial score (nSPS) is 23.5. The first-order valence-electron chi connectivity index (χ1n) is 6.54. The van der Waals surface area contributed by atoms with Crippen LogP contribution in [0.15, 0.2) is 18.2 Å². The van der Waals surface area contributed by atoms with E-state index in [4.69, 9.17) is 23.2 Å². The number of rotatable bonds is 2. The second-order valence-electron chi connectivity index (χ2n) is 5.05. The summed E-state index contributed by atoms with van der Waals surface area (Å²) >= 11 is 14.0. The average Bonchev–Trinajstić information content (AvgIpc) is 2.75. The fourth-order valence-corrected chi connectivity index (χ4v) is 4.42. The third-order valence-electron chi connectivity index (χ3n) is 3.86. The Hall–Kier alpha value is -0.380. The van der Waals surface area contributed by atoms with Gasteiger partial charge in [0.15, 0.2) is 0 Å². The van der Waals surface area contributed by atoms with E-state index in [2.05, 4.69) is 0 Å². The summed E-state index contributed by atoms with van der Waals surface area (Å²) in [5.74, 6) is 1.52. The van der Waals surface area contributed by atoms with Crippen LogP contribution in [-0.4, -0.2) is 23.1 Å². The lowest BCUT2D eigenvalue weighted by molar-refractivity contribution is -0.138. The number of thioether (sulfide) groups is 1. The van der Waals surface area contributed by atoms with Crippen LogP contribution >= 0.6 is 35.0 Å². The summed E-state index contributed by atoms with van der Waals surface area (Å²) in [7, 11) is 0. The highest BCUT2D eigenvalue weighted by Crippen LogP contribution is 2.43. The van der Waals surface area contributed by atoms with Crippen LogP contribution in [-0.2, 0) is 4.79 Å². The van der Waals surface area contributed by atoms with Crippen molar-refractivity contribution in [2.24, 2.45) is 5.92 Å². The zero-order valence-electron chi connectivity index (χ0n) is 10.4. The zero-order chi connectivity index (χ0) is 13.4. The van der Waals surface area contributed by atoms with Crippen molar-refractivity contribution >= 4 is 40.9 Å². The monoisotopic (exact) mass is 315 g/mol. The van der Waals surface area contributed by atoms with E-state index < -0.39 is 0 Å². The molecular weight excluding hydrogens is 301 g/mol. The number of carbonyl (C=O) groups is 1. The maximum atomic E-state index is 12.4. The summed E-state index contributed by atoms with van der Waals surface area (Å²) in [5, 5.41) is 1.34. The molecule has 1 saturated carbocycles. The summed E-state index contributed by atoms with van der Waals surface area (Å²) in [4.78, 5) is 14.4. The Kier molecular flexibility index (Phi) is 3.97. The predicted octanol–water partition coefficient (Wildman–Crippen LogP) is 4.37. The molecule has 0 bridgehead atoms. The number of halogens is 2. The van der Waals surface area contributed by atoms with Gasteiger partial charge >= 0.3 is 0 Å². The van der Waals surface area contributed by atoms with E-state index in [0.29, 0.717) is 16.0 Å². The van der Waals surface area contributed by atoms with E-state index in [-0.39, 0.29) is 11.3 Å². The van der Waals surface area contributed by atoms with Crippen LogP contribution in [0.5, 0.6) is 0 Å². The van der Waals surface area contributed by atoms with E-state index in [0.717, 1.165) is 30.7 Å². The molecule has 0 aromatic heterocycles. The van der Waals surface area contributed by atoms with E-state index >= 15 is 0 Å². The Balaban J connectivity index is 1.84. The molecule has 19 heavy (non-hydrogen) atoms. The van der Waals surface area contributed by atoms with Gasteiger partial charge < -0.3 is 4.90 Å². The number of benzene rings is 1. The largest absolute Gasteiger partial charge is 0.325 e. The first-order chi connectivity index (χ1) is 9.16. The Morgan fingerprint density at radius 3 is 2.74 bits per heavy atom. The van der Waals surface area contributed by atoms with E-state index in [1.807, 2.05) is 17.0 Å². The van der Waals surface area contributed by atoms with Crippen LogP contribution in [0.25, 0.3) is 0 Å². The molecule has 1 aromatic carbocycles. The minimum absolute atomic E-state index is 0.0536. The smallest absolute Gasteiger partial charge is 0.226 e. The predicted molar refractivity (Wildman–Crippen MR) is 80.7 cm³/mol. The molecule has 1 atom stereocenters. The fourth-order valence-electron chi connectivity index (χ4n) is 2.54. The van der Waals surface area contributed by atoms with Crippen LogP contribution in [0.4, 0.5) is 0 Å². The third-order valence-corrected chi connectivity index (χ3v) is 5.66. The maximum Gasteiger partial charge on any atom is 0.226 e. The molecule has 1 saturated heterocycles. The number of hydrogen-bond acceptors (Lipinski definition) is 2. The highest BCUT2D eigenvalue weighted by Gasteiger charge is 2.37. The molecule has 1 aliphatic carbocycles. The van der Waals surface area contributed by atoms with Crippen molar-refractivity contribution in [2.75, 3.05) is 12.3 Å². The Bertz CT molecular complexity index is 504. The lowest BCUT2D eigenvalue weighted by Gasteiger charge is -2.32. The van der Waals surface area contributed by atoms with Crippen LogP contribution in [0.2, 0.25) is 10.0 Å². The number of nitrogens with zero attached hydrogens (tertiary/aromatic N) is 1. The van der Waals surface area contributed by atoms with Crippen LogP contribution in [0, 0.1) is 5.92 Å². The van der Waals surface area contributed by atoms with Gasteiger partial charge in [0.25, 0.3) is 0 Å². The van der Waals surface area contributed by atoms with Crippen LogP contribution < -0.4 is 0 Å². The third kappa shape index (κ3) is 2.61. The molecule has 1 aromatic rings. The SMILES string of the molecule is O=C(C1CCC1)N1CCS[C@@H]1c1ccc(Cl)cc1Cl. The summed E-state index contributed by atoms with van der Waals surface area (Å²) in [5.41, 5.74) is 1.00. The second kappa shape index (κ2) is 5.55. The minimum atomic E-state index is 0.0536. The van der Waals surface area contributed by atoms with Gasteiger partial charge in [-0.05, 0) is 25.0 Å². The van der Waals surface area contributed by atoms with E-state index in [1.54, 1.807) is 17.8 Å². The van der Waals surface area contributed by atoms with Gasteiger partial charge in [-0.2, -0.15) is 0 Å². The highest BCUT2D eigenvalue weighted by atomic mass is 35.5. The molecule has 2 fully saturated rings. The molecule has 1 amide bonds. The van der Waals surface area contributed by atoms with Crippen molar-refractivity contribution in [3.8, 4) is 0 Å². The molecule has 2 aliphatic rings. The zero-order valence-corrected chi connectivity index (χ0v) is 12.8. The van der Waals surface area contributed by atoms with E-state index in [9.17, 15) is 4.79 Å². The number of amides is 1.